The van der Waals surface area contributed by atoms with Crippen LogP contribution in [0.5, 0.6) is 0 Å². The van der Waals surface area contributed by atoms with Gasteiger partial charge in [-0.2, -0.15) is 4.98 Å². The van der Waals surface area contributed by atoms with Crippen LogP contribution in [0, 0.1) is 12.8 Å². The summed E-state index contributed by atoms with van der Waals surface area (Å²) in [6.45, 7) is 3.87. The number of hydrogen-bond donors (Lipinski definition) is 1. The molecule has 0 unspecified atom stereocenters. The highest BCUT2D eigenvalue weighted by atomic mass is 16.5. The topological polar surface area (TPSA) is 97.6 Å². The van der Waals surface area contributed by atoms with Gasteiger partial charge in [-0.05, 0) is 31.9 Å². The summed E-state index contributed by atoms with van der Waals surface area (Å²) in [6, 6.07) is 7.57. The van der Waals surface area contributed by atoms with Gasteiger partial charge in [-0.15, -0.1) is 0 Å². The monoisotopic (exact) mass is 386 g/mol. The Bertz CT molecular complexity index is 795. The molecule has 2 aromatic rings. The summed E-state index contributed by atoms with van der Waals surface area (Å²) in [5, 5.41) is 6.70. The predicted octanol–water partition coefficient (Wildman–Crippen LogP) is 1.74. The number of piperidine rings is 1. The Morgan fingerprint density at radius 1 is 1.25 bits per heavy atom. The van der Waals surface area contributed by atoms with Crippen LogP contribution >= 0.6 is 0 Å². The Balaban J connectivity index is 1.44. The van der Waals surface area contributed by atoms with Crippen molar-refractivity contribution in [2.24, 2.45) is 5.92 Å². The summed E-state index contributed by atoms with van der Waals surface area (Å²) in [6.07, 6.45) is 1.86. The molecule has 28 heavy (non-hydrogen) atoms. The minimum Gasteiger partial charge on any atom is -0.384 e. The van der Waals surface area contributed by atoms with Crippen molar-refractivity contribution >= 4 is 11.8 Å². The highest BCUT2D eigenvalue weighted by Gasteiger charge is 2.28. The molecule has 8 heteroatoms. The van der Waals surface area contributed by atoms with Gasteiger partial charge in [0, 0.05) is 38.1 Å². The van der Waals surface area contributed by atoms with E-state index in [1.165, 1.54) is 0 Å². The molecule has 0 bridgehead atoms. The van der Waals surface area contributed by atoms with Crippen molar-refractivity contribution in [1.29, 1.82) is 0 Å². The minimum absolute atomic E-state index is 0.0216. The van der Waals surface area contributed by atoms with Crippen molar-refractivity contribution in [2.75, 3.05) is 26.8 Å². The summed E-state index contributed by atoms with van der Waals surface area (Å²) in [4.78, 5) is 31.0. The van der Waals surface area contributed by atoms with Gasteiger partial charge in [0.25, 0.3) is 5.91 Å². The molecule has 2 heterocycles. The summed E-state index contributed by atoms with van der Waals surface area (Å²) in [5.41, 5.74) is 1.81. The van der Waals surface area contributed by atoms with Crippen molar-refractivity contribution in [3.8, 4) is 0 Å². The largest absolute Gasteiger partial charge is 0.384 e. The lowest BCUT2D eigenvalue weighted by atomic mass is 9.95. The fourth-order valence-corrected chi connectivity index (χ4v) is 3.19. The molecule has 1 aromatic heterocycles. The van der Waals surface area contributed by atoms with Crippen molar-refractivity contribution in [2.45, 2.75) is 32.7 Å². The van der Waals surface area contributed by atoms with E-state index in [9.17, 15) is 9.59 Å². The minimum atomic E-state index is -0.113. The van der Waals surface area contributed by atoms with Gasteiger partial charge in [-0.3, -0.25) is 9.59 Å². The molecular formula is C20H26N4O4. The van der Waals surface area contributed by atoms with Crippen molar-refractivity contribution < 1.29 is 18.8 Å². The number of aromatic nitrogens is 2. The summed E-state index contributed by atoms with van der Waals surface area (Å²) in [5.74, 6) is 0.811. The summed E-state index contributed by atoms with van der Waals surface area (Å²) >= 11 is 0. The molecule has 0 saturated carbocycles. The Morgan fingerprint density at radius 3 is 2.64 bits per heavy atom. The molecule has 1 N–H and O–H groups in total. The molecule has 1 aromatic carbocycles. The second-order valence-electron chi connectivity index (χ2n) is 7.00. The lowest BCUT2D eigenvalue weighted by Gasteiger charge is -2.31. The maximum absolute atomic E-state index is 12.6. The van der Waals surface area contributed by atoms with Gasteiger partial charge in [0.1, 0.15) is 0 Å². The number of amides is 2. The Kier molecular flexibility index (Phi) is 6.76. The first-order valence-corrected chi connectivity index (χ1v) is 9.51. The number of hydrogen-bond acceptors (Lipinski definition) is 6. The highest BCUT2D eigenvalue weighted by molar-refractivity contribution is 5.94. The van der Waals surface area contributed by atoms with Crippen LogP contribution in [-0.2, 0) is 22.5 Å². The van der Waals surface area contributed by atoms with Crippen molar-refractivity contribution in [3.05, 3.63) is 47.1 Å². The van der Waals surface area contributed by atoms with E-state index in [0.717, 1.165) is 5.56 Å². The van der Waals surface area contributed by atoms with E-state index in [1.807, 2.05) is 36.1 Å². The van der Waals surface area contributed by atoms with Crippen LogP contribution in [0.25, 0.3) is 0 Å². The number of rotatable bonds is 7. The molecular weight excluding hydrogens is 360 g/mol. The molecule has 0 atom stereocenters. The van der Waals surface area contributed by atoms with E-state index < -0.39 is 0 Å². The fraction of sp³-hybridized carbons (Fsp3) is 0.500. The normalized spacial score (nSPS) is 14.9. The van der Waals surface area contributed by atoms with Gasteiger partial charge in [0.05, 0.1) is 13.2 Å². The maximum atomic E-state index is 12.6. The smallest absolute Gasteiger partial charge is 0.253 e. The lowest BCUT2D eigenvalue weighted by molar-refractivity contribution is -0.126. The van der Waals surface area contributed by atoms with Crippen LogP contribution in [0.15, 0.2) is 28.8 Å². The van der Waals surface area contributed by atoms with Gasteiger partial charge in [-0.1, -0.05) is 22.9 Å². The first kappa shape index (κ1) is 20.0. The third-order valence-electron chi connectivity index (χ3n) is 4.91. The van der Waals surface area contributed by atoms with Gasteiger partial charge in [0.2, 0.25) is 11.8 Å². The van der Waals surface area contributed by atoms with Gasteiger partial charge in [-0.25, -0.2) is 0 Å². The molecule has 150 valence electrons. The van der Waals surface area contributed by atoms with Crippen LogP contribution in [0.1, 0.15) is 40.5 Å². The zero-order chi connectivity index (χ0) is 19.9. The first-order valence-electron chi connectivity index (χ1n) is 9.51. The molecule has 0 spiro atoms. The standard InChI is InChI=1S/C20H26N4O4/c1-14-3-5-16(6-4-14)20(26)24-10-7-15(8-11-24)19(25)21-13-18-22-17(23-28-18)9-12-27-2/h3-6,15H,7-13H2,1-2H3,(H,21,25). The predicted molar refractivity (Wildman–Crippen MR) is 102 cm³/mol. The Morgan fingerprint density at radius 2 is 1.96 bits per heavy atom. The van der Waals surface area contributed by atoms with Crippen LogP contribution < -0.4 is 5.32 Å². The number of nitrogens with one attached hydrogen (secondary N) is 1. The van der Waals surface area contributed by atoms with Crippen LogP contribution in [0.4, 0.5) is 0 Å². The molecule has 1 aliphatic heterocycles. The van der Waals surface area contributed by atoms with E-state index in [1.54, 1.807) is 7.11 Å². The molecule has 1 fully saturated rings. The van der Waals surface area contributed by atoms with Crippen molar-refractivity contribution in [3.63, 3.8) is 0 Å². The van der Waals surface area contributed by atoms with Gasteiger partial charge >= 0.3 is 0 Å². The molecule has 1 aliphatic rings. The number of aryl methyl sites for hydroxylation is 1. The third kappa shape index (κ3) is 5.16. The van der Waals surface area contributed by atoms with Crippen LogP contribution in [-0.4, -0.2) is 53.7 Å². The average molecular weight is 386 g/mol. The summed E-state index contributed by atoms with van der Waals surface area (Å²) in [7, 11) is 1.61. The Hall–Kier alpha value is -2.74. The van der Waals surface area contributed by atoms with Crippen LogP contribution in [0.3, 0.4) is 0 Å². The molecule has 2 amide bonds. The van der Waals surface area contributed by atoms with Crippen LogP contribution in [0.2, 0.25) is 0 Å². The molecule has 1 saturated heterocycles. The molecule has 8 nitrogen and oxygen atoms in total. The number of methoxy groups -OCH3 is 1. The number of benzene rings is 1. The second kappa shape index (κ2) is 9.45. The molecule has 0 radical (unpaired) electrons. The Labute approximate surface area is 164 Å². The van der Waals surface area contributed by atoms with E-state index in [0.29, 0.717) is 56.2 Å². The van der Waals surface area contributed by atoms with Gasteiger partial charge in [0.15, 0.2) is 5.82 Å². The van der Waals surface area contributed by atoms with E-state index in [2.05, 4.69) is 15.5 Å². The first-order chi connectivity index (χ1) is 13.6. The van der Waals surface area contributed by atoms with E-state index >= 15 is 0 Å². The molecule has 3 rings (SSSR count). The zero-order valence-electron chi connectivity index (χ0n) is 16.3. The molecule has 0 aliphatic carbocycles. The number of nitrogens with zero attached hydrogens (tertiary/aromatic N) is 3. The third-order valence-corrected chi connectivity index (χ3v) is 4.91. The quantitative estimate of drug-likeness (QED) is 0.778. The average Bonchev–Trinajstić information content (AvgIpc) is 3.18. The number of carbonyl (C=O) groups is 2. The van der Waals surface area contributed by atoms with Crippen molar-refractivity contribution in [1.82, 2.24) is 20.4 Å². The lowest BCUT2D eigenvalue weighted by Crippen LogP contribution is -2.42. The van der Waals surface area contributed by atoms with E-state index in [4.69, 9.17) is 9.26 Å². The van der Waals surface area contributed by atoms with Gasteiger partial charge < -0.3 is 19.5 Å². The van der Waals surface area contributed by atoms with E-state index in [-0.39, 0.29) is 24.3 Å². The number of carbonyl (C=O) groups excluding carboxylic acids is 2. The summed E-state index contributed by atoms with van der Waals surface area (Å²) < 4.78 is 10.1. The maximum Gasteiger partial charge on any atom is 0.253 e. The second-order valence-corrected chi connectivity index (χ2v) is 7.00. The highest BCUT2D eigenvalue weighted by Crippen LogP contribution is 2.19. The SMILES string of the molecule is COCCc1noc(CNC(=O)C2CCN(C(=O)c3ccc(C)cc3)CC2)n1. The zero-order valence-corrected chi connectivity index (χ0v) is 16.3. The number of likely N-dealkylation sites (tertiary alicyclic amines) is 1. The fourth-order valence-electron chi connectivity index (χ4n) is 3.19. The number of ether oxygens (including phenoxy) is 1.